The van der Waals surface area contributed by atoms with Crippen molar-refractivity contribution in [2.75, 3.05) is 5.32 Å². The zero-order valence-electron chi connectivity index (χ0n) is 11.6. The van der Waals surface area contributed by atoms with Crippen LogP contribution in [0.1, 0.15) is 17.5 Å². The lowest BCUT2D eigenvalue weighted by molar-refractivity contribution is -0.137. The Labute approximate surface area is 133 Å². The number of para-hydroxylation sites is 1. The van der Waals surface area contributed by atoms with Crippen molar-refractivity contribution in [2.24, 2.45) is 0 Å². The van der Waals surface area contributed by atoms with E-state index in [-0.39, 0.29) is 5.69 Å². The van der Waals surface area contributed by atoms with Gasteiger partial charge >= 0.3 is 6.18 Å². The van der Waals surface area contributed by atoms with Crippen LogP contribution in [0.4, 0.5) is 18.9 Å². The highest BCUT2D eigenvalue weighted by molar-refractivity contribution is 8.02. The molecule has 22 heavy (non-hydrogen) atoms. The molecule has 118 valence electrons. The number of anilines is 1. The number of aryl methyl sites for hydroxylation is 1. The first-order valence-corrected chi connectivity index (χ1v) is 7.91. The number of benzene rings is 1. The quantitative estimate of drug-likeness (QED) is 0.850. The van der Waals surface area contributed by atoms with Gasteiger partial charge in [-0.15, -0.1) is 10.2 Å². The van der Waals surface area contributed by atoms with E-state index in [1.165, 1.54) is 29.5 Å². The van der Waals surface area contributed by atoms with E-state index in [9.17, 15) is 18.0 Å². The molecule has 1 atom stereocenters. The molecule has 1 aromatic carbocycles. The minimum Gasteiger partial charge on any atom is -0.325 e. The van der Waals surface area contributed by atoms with Crippen molar-refractivity contribution in [2.45, 2.75) is 29.6 Å². The molecule has 0 bridgehead atoms. The Kier molecular flexibility index (Phi) is 5.07. The van der Waals surface area contributed by atoms with Crippen LogP contribution in [-0.4, -0.2) is 21.4 Å². The Balaban J connectivity index is 2.09. The fourth-order valence-corrected chi connectivity index (χ4v) is 3.56. The van der Waals surface area contributed by atoms with Crippen molar-refractivity contribution >= 4 is 34.7 Å². The van der Waals surface area contributed by atoms with Gasteiger partial charge in [0.05, 0.1) is 16.5 Å². The summed E-state index contributed by atoms with van der Waals surface area (Å²) in [4.78, 5) is 12.1. The summed E-state index contributed by atoms with van der Waals surface area (Å²) in [6, 6.07) is 4.88. The maximum atomic E-state index is 12.9. The summed E-state index contributed by atoms with van der Waals surface area (Å²) in [7, 11) is 0. The van der Waals surface area contributed by atoms with Gasteiger partial charge in [0, 0.05) is 0 Å². The third-order valence-electron chi connectivity index (χ3n) is 2.64. The number of hydrogen-bond acceptors (Lipinski definition) is 5. The lowest BCUT2D eigenvalue weighted by Gasteiger charge is -2.15. The fourth-order valence-electron chi connectivity index (χ4n) is 1.60. The molecule has 0 fully saturated rings. The first kappa shape index (κ1) is 16.8. The normalized spacial score (nSPS) is 13.0. The van der Waals surface area contributed by atoms with Crippen LogP contribution in [0, 0.1) is 6.92 Å². The number of thioether (sulfide) groups is 1. The molecule has 2 aromatic rings. The van der Waals surface area contributed by atoms with Gasteiger partial charge in [0.25, 0.3) is 0 Å². The highest BCUT2D eigenvalue weighted by Gasteiger charge is 2.33. The fraction of sp³-hybridized carbons (Fsp3) is 0.308. The van der Waals surface area contributed by atoms with Crippen molar-refractivity contribution < 1.29 is 18.0 Å². The zero-order valence-corrected chi connectivity index (χ0v) is 13.3. The van der Waals surface area contributed by atoms with Gasteiger partial charge in [-0.2, -0.15) is 13.2 Å². The van der Waals surface area contributed by atoms with Crippen molar-refractivity contribution in [3.63, 3.8) is 0 Å². The minimum absolute atomic E-state index is 0.249. The first-order chi connectivity index (χ1) is 10.3. The van der Waals surface area contributed by atoms with E-state index >= 15 is 0 Å². The molecule has 4 nitrogen and oxygen atoms in total. The van der Waals surface area contributed by atoms with E-state index in [0.29, 0.717) is 4.34 Å². The van der Waals surface area contributed by atoms with E-state index < -0.39 is 22.9 Å². The second-order valence-electron chi connectivity index (χ2n) is 4.38. The molecular weight excluding hydrogens is 335 g/mol. The maximum Gasteiger partial charge on any atom is 0.418 e. The van der Waals surface area contributed by atoms with Crippen LogP contribution >= 0.6 is 23.1 Å². The third-order valence-corrected chi connectivity index (χ3v) is 4.67. The SMILES string of the molecule is Cc1nnc(S[C@@H](C)C(=O)Nc2ccccc2C(F)(F)F)s1. The van der Waals surface area contributed by atoms with Gasteiger partial charge in [-0.3, -0.25) is 4.79 Å². The standard InChI is InChI=1S/C13H12F3N3OS2/c1-7(21-12-19-18-8(2)22-12)11(20)17-10-6-4-3-5-9(10)13(14,15)16/h3-7H,1-2H3,(H,17,20)/t7-/m0/s1. The van der Waals surface area contributed by atoms with Crippen LogP contribution in [0.15, 0.2) is 28.6 Å². The lowest BCUT2D eigenvalue weighted by Crippen LogP contribution is -2.24. The molecule has 1 aromatic heterocycles. The largest absolute Gasteiger partial charge is 0.418 e. The molecule has 0 aliphatic carbocycles. The number of amides is 1. The van der Waals surface area contributed by atoms with Crippen LogP contribution in [0.25, 0.3) is 0 Å². The molecular formula is C13H12F3N3OS2. The Morgan fingerprint density at radius 2 is 2.00 bits per heavy atom. The highest BCUT2D eigenvalue weighted by atomic mass is 32.2. The Bertz CT molecular complexity index is 673. The number of hydrogen-bond donors (Lipinski definition) is 1. The lowest BCUT2D eigenvalue weighted by atomic mass is 10.1. The van der Waals surface area contributed by atoms with Crippen molar-refractivity contribution in [3.8, 4) is 0 Å². The number of halogens is 3. The number of nitrogens with one attached hydrogen (secondary N) is 1. The zero-order chi connectivity index (χ0) is 16.3. The van der Waals surface area contributed by atoms with Gasteiger partial charge in [-0.1, -0.05) is 35.2 Å². The molecule has 0 saturated carbocycles. The van der Waals surface area contributed by atoms with Crippen molar-refractivity contribution in [1.29, 1.82) is 0 Å². The first-order valence-electron chi connectivity index (χ1n) is 6.21. The van der Waals surface area contributed by atoms with E-state index in [4.69, 9.17) is 0 Å². The minimum atomic E-state index is -4.52. The average molecular weight is 347 g/mol. The summed E-state index contributed by atoms with van der Waals surface area (Å²) < 4.78 is 39.2. The van der Waals surface area contributed by atoms with Gasteiger partial charge in [0.2, 0.25) is 5.91 Å². The summed E-state index contributed by atoms with van der Waals surface area (Å²) >= 11 is 2.48. The second-order valence-corrected chi connectivity index (χ2v) is 7.15. The molecule has 1 heterocycles. The number of alkyl halides is 3. The van der Waals surface area contributed by atoms with Crippen LogP contribution < -0.4 is 5.32 Å². The molecule has 0 spiro atoms. The van der Waals surface area contributed by atoms with Crippen molar-refractivity contribution in [1.82, 2.24) is 10.2 Å². The van der Waals surface area contributed by atoms with Gasteiger partial charge < -0.3 is 5.32 Å². The molecule has 1 amide bonds. The number of carbonyl (C=O) groups is 1. The summed E-state index contributed by atoms with van der Waals surface area (Å²) in [6.07, 6.45) is -4.52. The molecule has 9 heteroatoms. The second kappa shape index (κ2) is 6.66. The van der Waals surface area contributed by atoms with Gasteiger partial charge in [0.1, 0.15) is 5.01 Å². The van der Waals surface area contributed by atoms with Crippen molar-refractivity contribution in [3.05, 3.63) is 34.8 Å². The number of aromatic nitrogens is 2. The Morgan fingerprint density at radius 3 is 2.59 bits per heavy atom. The summed E-state index contributed by atoms with van der Waals surface area (Å²) in [5.41, 5.74) is -1.12. The van der Waals surface area contributed by atoms with Crippen LogP contribution in [-0.2, 0) is 11.0 Å². The molecule has 0 radical (unpaired) electrons. The maximum absolute atomic E-state index is 12.9. The summed E-state index contributed by atoms with van der Waals surface area (Å²) in [5, 5.41) is 10.2. The predicted molar refractivity (Wildman–Crippen MR) is 80.0 cm³/mol. The molecule has 0 aliphatic heterocycles. The van der Waals surface area contributed by atoms with Gasteiger partial charge in [-0.25, -0.2) is 0 Å². The van der Waals surface area contributed by atoms with E-state index in [2.05, 4.69) is 15.5 Å². The highest BCUT2D eigenvalue weighted by Crippen LogP contribution is 2.35. The molecule has 2 rings (SSSR count). The topological polar surface area (TPSA) is 54.9 Å². The third kappa shape index (κ3) is 4.20. The molecule has 1 N–H and O–H groups in total. The van der Waals surface area contributed by atoms with Crippen LogP contribution in [0.3, 0.4) is 0 Å². The molecule has 0 aliphatic rings. The van der Waals surface area contributed by atoms with Crippen LogP contribution in [0.5, 0.6) is 0 Å². The van der Waals surface area contributed by atoms with E-state index in [1.54, 1.807) is 13.8 Å². The summed E-state index contributed by atoms with van der Waals surface area (Å²) in [5.74, 6) is -0.519. The molecule has 0 saturated heterocycles. The predicted octanol–water partition coefficient (Wildman–Crippen LogP) is 3.98. The average Bonchev–Trinajstić information content (AvgIpc) is 2.83. The number of nitrogens with zero attached hydrogens (tertiary/aromatic N) is 2. The Morgan fingerprint density at radius 1 is 1.32 bits per heavy atom. The number of carbonyl (C=O) groups excluding carboxylic acids is 1. The Hall–Kier alpha value is -1.61. The molecule has 0 unspecified atom stereocenters. The number of rotatable bonds is 4. The van der Waals surface area contributed by atoms with Crippen LogP contribution in [0.2, 0.25) is 0 Å². The van der Waals surface area contributed by atoms with Gasteiger partial charge in [0.15, 0.2) is 4.34 Å². The van der Waals surface area contributed by atoms with Gasteiger partial charge in [-0.05, 0) is 26.0 Å². The van der Waals surface area contributed by atoms with E-state index in [1.807, 2.05) is 0 Å². The monoisotopic (exact) mass is 347 g/mol. The summed E-state index contributed by atoms with van der Waals surface area (Å²) in [6.45, 7) is 3.39. The van der Waals surface area contributed by atoms with E-state index in [0.717, 1.165) is 22.8 Å². The smallest absolute Gasteiger partial charge is 0.325 e.